The molecule has 86 valence electrons. The molecule has 2 heteroatoms. The molecule has 0 fully saturated rings. The Morgan fingerprint density at radius 2 is 1.88 bits per heavy atom. The minimum Gasteiger partial charge on any atom is -0.331 e. The lowest BCUT2D eigenvalue weighted by Gasteiger charge is -2.19. The van der Waals surface area contributed by atoms with Gasteiger partial charge in [0.1, 0.15) is 11.4 Å². The minimum atomic E-state index is 0.0821. The number of aliphatic imine (C=N–C) groups is 1. The van der Waals surface area contributed by atoms with Crippen LogP contribution in [0.15, 0.2) is 35.3 Å². The molecule has 0 saturated carbocycles. The van der Waals surface area contributed by atoms with Gasteiger partial charge in [0.25, 0.3) is 0 Å². The Labute approximate surface area is 98.0 Å². The summed E-state index contributed by atoms with van der Waals surface area (Å²) in [6, 6.07) is 10.4. The molecule has 1 atom stereocenters. The van der Waals surface area contributed by atoms with Crippen LogP contribution in [-0.4, -0.2) is 18.4 Å². The van der Waals surface area contributed by atoms with Crippen molar-refractivity contribution >= 4 is 11.5 Å². The molecule has 2 rings (SSSR count). The van der Waals surface area contributed by atoms with E-state index in [0.717, 1.165) is 6.42 Å². The maximum atomic E-state index is 4.65. The van der Waals surface area contributed by atoms with Crippen LogP contribution in [-0.2, 0) is 0 Å². The molecular formula is C14H20N2. The van der Waals surface area contributed by atoms with Gasteiger partial charge in [0.2, 0.25) is 0 Å². The van der Waals surface area contributed by atoms with Crippen molar-refractivity contribution < 1.29 is 0 Å². The second kappa shape index (κ2) is 3.93. The fourth-order valence-electron chi connectivity index (χ4n) is 2.35. The van der Waals surface area contributed by atoms with Crippen molar-refractivity contribution in [1.29, 1.82) is 0 Å². The molecule has 0 radical (unpaired) electrons. The fraction of sp³-hybridized carbons (Fsp3) is 0.500. The van der Waals surface area contributed by atoms with E-state index in [1.165, 1.54) is 11.5 Å². The predicted molar refractivity (Wildman–Crippen MR) is 70.1 cm³/mol. The van der Waals surface area contributed by atoms with E-state index in [4.69, 9.17) is 0 Å². The third-order valence-electron chi connectivity index (χ3n) is 3.05. The minimum absolute atomic E-state index is 0.0821. The van der Waals surface area contributed by atoms with Crippen molar-refractivity contribution in [2.75, 3.05) is 11.9 Å². The number of amidine groups is 1. The maximum Gasteiger partial charge on any atom is 0.132 e. The normalized spacial score (nSPS) is 23.2. The lowest BCUT2D eigenvalue weighted by molar-refractivity contribution is 0.508. The Morgan fingerprint density at radius 1 is 1.25 bits per heavy atom. The molecule has 16 heavy (non-hydrogen) atoms. The molecule has 1 aliphatic rings. The lowest BCUT2D eigenvalue weighted by atomic mass is 9.96. The van der Waals surface area contributed by atoms with E-state index in [1.807, 2.05) is 6.07 Å². The average molecular weight is 216 g/mol. The van der Waals surface area contributed by atoms with E-state index in [0.29, 0.717) is 5.92 Å². The van der Waals surface area contributed by atoms with Crippen LogP contribution >= 0.6 is 0 Å². The second-order valence-corrected chi connectivity index (χ2v) is 5.20. The summed E-state index contributed by atoms with van der Waals surface area (Å²) in [7, 11) is 2.10. The highest BCUT2D eigenvalue weighted by Gasteiger charge is 2.45. The summed E-state index contributed by atoms with van der Waals surface area (Å²) in [5, 5.41) is 0. The van der Waals surface area contributed by atoms with Crippen LogP contribution in [0.1, 0.15) is 27.2 Å². The number of para-hydroxylation sites is 1. The highest BCUT2D eigenvalue weighted by molar-refractivity contribution is 6.13. The van der Waals surface area contributed by atoms with Gasteiger partial charge < -0.3 is 4.90 Å². The van der Waals surface area contributed by atoms with Crippen molar-refractivity contribution in [2.24, 2.45) is 10.9 Å². The number of hydrogen-bond acceptors (Lipinski definition) is 2. The number of nitrogens with zero attached hydrogens (tertiary/aromatic N) is 2. The third-order valence-corrected chi connectivity index (χ3v) is 3.05. The van der Waals surface area contributed by atoms with Gasteiger partial charge in [-0.1, -0.05) is 32.0 Å². The Morgan fingerprint density at radius 3 is 2.44 bits per heavy atom. The monoisotopic (exact) mass is 216 g/mol. The summed E-state index contributed by atoms with van der Waals surface area (Å²) < 4.78 is 0. The number of rotatable bonds is 3. The number of benzene rings is 1. The number of anilines is 1. The van der Waals surface area contributed by atoms with E-state index in [1.54, 1.807) is 0 Å². The molecule has 1 aromatic rings. The van der Waals surface area contributed by atoms with Crippen LogP contribution in [0.25, 0.3) is 0 Å². The zero-order chi connectivity index (χ0) is 11.8. The quantitative estimate of drug-likeness (QED) is 0.756. The fourth-order valence-corrected chi connectivity index (χ4v) is 2.35. The lowest BCUT2D eigenvalue weighted by Crippen LogP contribution is -2.30. The molecular weight excluding hydrogens is 196 g/mol. The Hall–Kier alpha value is -1.31. The molecule has 1 heterocycles. The molecule has 0 saturated heterocycles. The summed E-state index contributed by atoms with van der Waals surface area (Å²) in [5.74, 6) is 1.91. The van der Waals surface area contributed by atoms with E-state index in [2.05, 4.69) is 62.0 Å². The first-order valence-electron chi connectivity index (χ1n) is 5.92. The molecule has 1 aromatic carbocycles. The Balaban J connectivity index is 2.04. The number of likely N-dealkylation sites (N-methyl/N-ethyl adjacent to an activating group) is 1. The summed E-state index contributed by atoms with van der Waals surface area (Å²) in [6.45, 7) is 6.72. The molecule has 0 N–H and O–H groups in total. The standard InChI is InChI=1S/C14H20N2/c1-11(2)10-14(3)13(15-14)16(4)12-8-6-5-7-9-12/h5-9,11H,10H2,1-4H3. The molecule has 1 aliphatic heterocycles. The third kappa shape index (κ3) is 2.11. The molecule has 0 amide bonds. The first-order valence-corrected chi connectivity index (χ1v) is 5.92. The van der Waals surface area contributed by atoms with Gasteiger partial charge in [-0.25, -0.2) is 0 Å². The molecule has 2 nitrogen and oxygen atoms in total. The van der Waals surface area contributed by atoms with E-state index >= 15 is 0 Å². The van der Waals surface area contributed by atoms with Gasteiger partial charge in [-0.2, -0.15) is 0 Å². The van der Waals surface area contributed by atoms with Gasteiger partial charge in [0.15, 0.2) is 0 Å². The first kappa shape index (κ1) is 11.2. The van der Waals surface area contributed by atoms with E-state index < -0.39 is 0 Å². The highest BCUT2D eigenvalue weighted by Crippen LogP contribution is 2.37. The Kier molecular flexibility index (Phi) is 2.75. The topological polar surface area (TPSA) is 15.6 Å². The van der Waals surface area contributed by atoms with Crippen LogP contribution in [0.4, 0.5) is 5.69 Å². The van der Waals surface area contributed by atoms with Gasteiger partial charge in [-0.15, -0.1) is 0 Å². The van der Waals surface area contributed by atoms with E-state index in [9.17, 15) is 0 Å². The van der Waals surface area contributed by atoms with Crippen LogP contribution in [0.3, 0.4) is 0 Å². The summed E-state index contributed by atoms with van der Waals surface area (Å²) in [6.07, 6.45) is 1.14. The Bertz CT molecular complexity index is 394. The molecule has 0 aromatic heterocycles. The highest BCUT2D eigenvalue weighted by atomic mass is 15.3. The van der Waals surface area contributed by atoms with Crippen molar-refractivity contribution in [3.63, 3.8) is 0 Å². The maximum absolute atomic E-state index is 4.65. The molecule has 0 spiro atoms. The van der Waals surface area contributed by atoms with Gasteiger partial charge in [0.05, 0.1) is 0 Å². The van der Waals surface area contributed by atoms with Gasteiger partial charge in [-0.3, -0.25) is 4.99 Å². The van der Waals surface area contributed by atoms with Gasteiger partial charge in [0, 0.05) is 12.7 Å². The average Bonchev–Trinajstić information content (AvgIpc) is 2.89. The molecule has 0 aliphatic carbocycles. The molecule has 1 unspecified atom stereocenters. The summed E-state index contributed by atoms with van der Waals surface area (Å²) in [5.41, 5.74) is 1.30. The largest absolute Gasteiger partial charge is 0.331 e. The van der Waals surface area contributed by atoms with Crippen LogP contribution in [0, 0.1) is 5.92 Å². The van der Waals surface area contributed by atoms with Crippen molar-refractivity contribution in [1.82, 2.24) is 0 Å². The van der Waals surface area contributed by atoms with Crippen molar-refractivity contribution in [3.05, 3.63) is 30.3 Å². The first-order chi connectivity index (χ1) is 7.53. The second-order valence-electron chi connectivity index (χ2n) is 5.20. The van der Waals surface area contributed by atoms with Crippen LogP contribution in [0.5, 0.6) is 0 Å². The summed E-state index contributed by atoms with van der Waals surface area (Å²) in [4.78, 5) is 6.84. The van der Waals surface area contributed by atoms with Crippen molar-refractivity contribution in [2.45, 2.75) is 32.7 Å². The zero-order valence-electron chi connectivity index (χ0n) is 10.6. The predicted octanol–water partition coefficient (Wildman–Crippen LogP) is 3.34. The van der Waals surface area contributed by atoms with Crippen molar-refractivity contribution in [3.8, 4) is 0 Å². The number of hydrogen-bond donors (Lipinski definition) is 0. The summed E-state index contributed by atoms with van der Waals surface area (Å²) >= 11 is 0. The SMILES string of the molecule is CC(C)CC1(C)N=C1N(C)c1ccccc1. The van der Waals surface area contributed by atoms with Gasteiger partial charge in [-0.05, 0) is 31.4 Å². The smallest absolute Gasteiger partial charge is 0.132 e. The molecule has 0 bridgehead atoms. The zero-order valence-corrected chi connectivity index (χ0v) is 10.6. The van der Waals surface area contributed by atoms with E-state index in [-0.39, 0.29) is 5.54 Å². The van der Waals surface area contributed by atoms with Crippen LogP contribution in [0.2, 0.25) is 0 Å². The van der Waals surface area contributed by atoms with Gasteiger partial charge >= 0.3 is 0 Å². The van der Waals surface area contributed by atoms with Crippen LogP contribution < -0.4 is 4.90 Å².